The summed E-state index contributed by atoms with van der Waals surface area (Å²) >= 11 is 0. The number of hydrogen-bond acceptors (Lipinski definition) is 4. The van der Waals surface area contributed by atoms with Crippen molar-refractivity contribution in [2.45, 2.75) is 26.9 Å². The van der Waals surface area contributed by atoms with Crippen LogP contribution in [0.15, 0.2) is 10.5 Å². The van der Waals surface area contributed by atoms with Crippen LogP contribution in [0.5, 0.6) is 5.75 Å². The monoisotopic (exact) mass is 184 g/mol. The average Bonchev–Trinajstić information content (AvgIpc) is 2.31. The molecule has 13 heavy (non-hydrogen) atoms. The van der Waals surface area contributed by atoms with Gasteiger partial charge in [0.15, 0.2) is 5.75 Å². The molecule has 1 aromatic rings. The topological polar surface area (TPSA) is 59.7 Å². The molecular formula is C9H12O4. The number of furan rings is 1. The number of aliphatic hydroxyl groups excluding tert-OH is 1. The molecule has 1 rings (SSSR count). The average molecular weight is 184 g/mol. The quantitative estimate of drug-likeness (QED) is 0.708. The van der Waals surface area contributed by atoms with E-state index in [1.165, 1.54) is 13.0 Å². The van der Waals surface area contributed by atoms with Gasteiger partial charge in [-0.2, -0.15) is 0 Å². The van der Waals surface area contributed by atoms with E-state index in [2.05, 4.69) is 0 Å². The first kappa shape index (κ1) is 9.80. The normalized spacial score (nSPS) is 12.6. The summed E-state index contributed by atoms with van der Waals surface area (Å²) in [5.74, 6) is 0.851. The third-order valence-corrected chi connectivity index (χ3v) is 1.56. The van der Waals surface area contributed by atoms with E-state index >= 15 is 0 Å². The van der Waals surface area contributed by atoms with Crippen LogP contribution in [-0.4, -0.2) is 11.1 Å². The number of rotatable bonds is 2. The van der Waals surface area contributed by atoms with Crippen molar-refractivity contribution in [3.63, 3.8) is 0 Å². The molecule has 4 heteroatoms. The van der Waals surface area contributed by atoms with Crippen LogP contribution < -0.4 is 4.74 Å². The molecule has 0 saturated heterocycles. The molecule has 1 heterocycles. The Morgan fingerprint density at radius 3 is 2.69 bits per heavy atom. The van der Waals surface area contributed by atoms with Gasteiger partial charge in [0.1, 0.15) is 17.6 Å². The Hall–Kier alpha value is -1.29. The van der Waals surface area contributed by atoms with Crippen molar-refractivity contribution in [2.24, 2.45) is 0 Å². The van der Waals surface area contributed by atoms with Gasteiger partial charge in [-0.15, -0.1) is 0 Å². The van der Waals surface area contributed by atoms with Gasteiger partial charge in [-0.05, 0) is 13.8 Å². The first-order valence-corrected chi connectivity index (χ1v) is 3.97. The van der Waals surface area contributed by atoms with Crippen LogP contribution in [0, 0.1) is 6.92 Å². The lowest BCUT2D eigenvalue weighted by Crippen LogP contribution is -2.01. The molecule has 72 valence electrons. The maximum atomic E-state index is 10.6. The van der Waals surface area contributed by atoms with E-state index < -0.39 is 12.1 Å². The van der Waals surface area contributed by atoms with Gasteiger partial charge in [-0.3, -0.25) is 4.79 Å². The Labute approximate surface area is 76.1 Å². The van der Waals surface area contributed by atoms with Crippen molar-refractivity contribution in [1.82, 2.24) is 0 Å². The predicted molar refractivity (Wildman–Crippen MR) is 45.4 cm³/mol. The number of aliphatic hydroxyl groups is 1. The van der Waals surface area contributed by atoms with Crippen molar-refractivity contribution in [1.29, 1.82) is 0 Å². The number of esters is 1. The minimum atomic E-state index is -0.692. The van der Waals surface area contributed by atoms with Crippen LogP contribution in [0.1, 0.15) is 31.5 Å². The number of carbonyl (C=O) groups excluding carboxylic acids is 1. The van der Waals surface area contributed by atoms with Gasteiger partial charge < -0.3 is 14.3 Å². The Morgan fingerprint density at radius 2 is 2.31 bits per heavy atom. The minimum Gasteiger partial charge on any atom is -0.460 e. The van der Waals surface area contributed by atoms with Gasteiger partial charge in [-0.1, -0.05) is 0 Å². The highest BCUT2D eigenvalue weighted by Gasteiger charge is 2.13. The first-order valence-electron chi connectivity index (χ1n) is 3.97. The largest absolute Gasteiger partial charge is 0.460 e. The van der Waals surface area contributed by atoms with Crippen LogP contribution in [0.25, 0.3) is 0 Å². The minimum absolute atomic E-state index is 0.364. The fourth-order valence-electron chi connectivity index (χ4n) is 0.949. The number of ether oxygens (including phenoxy) is 1. The summed E-state index contributed by atoms with van der Waals surface area (Å²) < 4.78 is 9.98. The van der Waals surface area contributed by atoms with Crippen LogP contribution in [0.3, 0.4) is 0 Å². The third kappa shape index (κ3) is 2.32. The van der Waals surface area contributed by atoms with Crippen LogP contribution in [0.4, 0.5) is 0 Å². The van der Waals surface area contributed by atoms with Gasteiger partial charge >= 0.3 is 5.97 Å². The summed E-state index contributed by atoms with van der Waals surface area (Å²) in [6, 6.07) is 1.52. The summed E-state index contributed by atoms with van der Waals surface area (Å²) in [5.41, 5.74) is 0. The summed E-state index contributed by atoms with van der Waals surface area (Å²) in [6.07, 6.45) is -0.692. The molecule has 0 amide bonds. The van der Waals surface area contributed by atoms with Crippen LogP contribution >= 0.6 is 0 Å². The summed E-state index contributed by atoms with van der Waals surface area (Å²) in [6.45, 7) is 4.56. The first-order chi connectivity index (χ1) is 6.00. The van der Waals surface area contributed by atoms with Crippen molar-refractivity contribution >= 4 is 5.97 Å². The van der Waals surface area contributed by atoms with Crippen molar-refractivity contribution in [3.8, 4) is 5.75 Å². The second-order valence-corrected chi connectivity index (χ2v) is 2.84. The fraction of sp³-hybridized carbons (Fsp3) is 0.444. The van der Waals surface area contributed by atoms with Crippen molar-refractivity contribution in [2.75, 3.05) is 0 Å². The standard InChI is InChI=1S/C9H12O4/c1-5(10)8-4-9(6(2)12-8)13-7(3)11/h4-5,10H,1-3H3. The number of hydrogen-bond donors (Lipinski definition) is 1. The zero-order valence-corrected chi connectivity index (χ0v) is 7.83. The zero-order chi connectivity index (χ0) is 10.0. The van der Waals surface area contributed by atoms with Gasteiger partial charge in [0, 0.05) is 13.0 Å². The second kappa shape index (κ2) is 3.62. The van der Waals surface area contributed by atoms with E-state index in [1.807, 2.05) is 0 Å². The maximum absolute atomic E-state index is 10.6. The van der Waals surface area contributed by atoms with Gasteiger partial charge in [0.25, 0.3) is 0 Å². The molecule has 1 unspecified atom stereocenters. The molecule has 1 atom stereocenters. The lowest BCUT2D eigenvalue weighted by molar-refractivity contribution is -0.131. The van der Waals surface area contributed by atoms with E-state index in [1.54, 1.807) is 13.8 Å². The molecule has 0 aliphatic heterocycles. The van der Waals surface area contributed by atoms with E-state index in [-0.39, 0.29) is 0 Å². The second-order valence-electron chi connectivity index (χ2n) is 2.84. The van der Waals surface area contributed by atoms with Crippen LogP contribution in [-0.2, 0) is 4.79 Å². The van der Waals surface area contributed by atoms with Gasteiger partial charge in [0.05, 0.1) is 0 Å². The highest BCUT2D eigenvalue weighted by molar-refractivity contribution is 5.69. The summed E-state index contributed by atoms with van der Waals surface area (Å²) in [5, 5.41) is 9.16. The molecule has 0 aliphatic rings. The lowest BCUT2D eigenvalue weighted by Gasteiger charge is -1.95. The zero-order valence-electron chi connectivity index (χ0n) is 7.83. The third-order valence-electron chi connectivity index (χ3n) is 1.56. The van der Waals surface area contributed by atoms with E-state index in [0.717, 1.165) is 0 Å². The van der Waals surface area contributed by atoms with Crippen LogP contribution in [0.2, 0.25) is 0 Å². The fourth-order valence-corrected chi connectivity index (χ4v) is 0.949. The molecule has 0 saturated carbocycles. The predicted octanol–water partition coefficient (Wildman–Crippen LogP) is 1.57. The number of carbonyl (C=O) groups is 1. The van der Waals surface area contributed by atoms with E-state index in [0.29, 0.717) is 17.3 Å². The van der Waals surface area contributed by atoms with Gasteiger partial charge in [0.2, 0.25) is 0 Å². The molecule has 0 radical (unpaired) electrons. The Bertz CT molecular complexity index is 311. The van der Waals surface area contributed by atoms with E-state index in [4.69, 9.17) is 14.3 Å². The number of aryl methyl sites for hydroxylation is 1. The molecule has 0 fully saturated rings. The Balaban J connectivity index is 2.89. The molecule has 1 aromatic heterocycles. The molecule has 0 aliphatic carbocycles. The lowest BCUT2D eigenvalue weighted by atomic mass is 10.3. The Morgan fingerprint density at radius 1 is 1.69 bits per heavy atom. The van der Waals surface area contributed by atoms with E-state index in [9.17, 15) is 4.79 Å². The SMILES string of the molecule is CC(=O)Oc1cc(C(C)O)oc1C. The summed E-state index contributed by atoms with van der Waals surface area (Å²) in [4.78, 5) is 10.6. The molecule has 0 spiro atoms. The highest BCUT2D eigenvalue weighted by Crippen LogP contribution is 2.26. The molecule has 1 N–H and O–H groups in total. The smallest absolute Gasteiger partial charge is 0.308 e. The Kier molecular flexibility index (Phi) is 2.72. The molecule has 0 aromatic carbocycles. The highest BCUT2D eigenvalue weighted by atomic mass is 16.5. The summed E-state index contributed by atoms with van der Waals surface area (Å²) in [7, 11) is 0. The molecular weight excluding hydrogens is 172 g/mol. The van der Waals surface area contributed by atoms with Crippen molar-refractivity contribution in [3.05, 3.63) is 17.6 Å². The molecule has 4 nitrogen and oxygen atoms in total. The molecule has 0 bridgehead atoms. The van der Waals surface area contributed by atoms with Crippen molar-refractivity contribution < 1.29 is 19.1 Å². The van der Waals surface area contributed by atoms with Gasteiger partial charge in [-0.25, -0.2) is 0 Å². The maximum Gasteiger partial charge on any atom is 0.308 e.